The van der Waals surface area contributed by atoms with Crippen LogP contribution in [0, 0.1) is 11.8 Å². The molecule has 3 amide bonds. The number of carbonyl (C=O) groups is 5. The second-order valence-corrected chi connectivity index (χ2v) is 12.2. The first-order chi connectivity index (χ1) is 19.7. The van der Waals surface area contributed by atoms with Crippen LogP contribution in [0.2, 0.25) is 0 Å². The first kappa shape index (κ1) is 34.7. The highest BCUT2D eigenvalue weighted by molar-refractivity contribution is 5.93. The molecular formula is C31H47N3O8. The highest BCUT2D eigenvalue weighted by atomic mass is 16.6. The largest absolute Gasteiger partial charge is 0.467 e. The molecule has 0 saturated heterocycles. The van der Waals surface area contributed by atoms with E-state index in [1.165, 1.54) is 7.11 Å². The fourth-order valence-electron chi connectivity index (χ4n) is 4.93. The van der Waals surface area contributed by atoms with Crippen LogP contribution < -0.4 is 16.0 Å². The van der Waals surface area contributed by atoms with Gasteiger partial charge < -0.3 is 30.2 Å². The van der Waals surface area contributed by atoms with Crippen LogP contribution in [-0.4, -0.2) is 66.6 Å². The van der Waals surface area contributed by atoms with Gasteiger partial charge >= 0.3 is 12.1 Å². The SMILES string of the molecule is COC(=O)[C@H](C[C@@H]1CCCC1=O)NC(=O)[C@H](CC(C)C)NC(=O)[C@@H](NC(=O)OCc1ccccc1)C(C)OC(C)(C)C. The zero-order valence-electron chi connectivity index (χ0n) is 25.9. The third kappa shape index (κ3) is 11.8. The van der Waals surface area contributed by atoms with Crippen molar-refractivity contribution in [2.75, 3.05) is 7.11 Å². The summed E-state index contributed by atoms with van der Waals surface area (Å²) in [5.74, 6) is -2.17. The summed E-state index contributed by atoms with van der Waals surface area (Å²) in [6, 6.07) is 5.85. The van der Waals surface area contributed by atoms with Gasteiger partial charge in [-0.1, -0.05) is 44.2 Å². The summed E-state index contributed by atoms with van der Waals surface area (Å²) >= 11 is 0. The molecule has 0 aliphatic heterocycles. The number of alkyl carbamates (subject to hydrolysis) is 1. The van der Waals surface area contributed by atoms with Gasteiger partial charge in [-0.3, -0.25) is 14.4 Å². The predicted octanol–water partition coefficient (Wildman–Crippen LogP) is 3.43. The number of esters is 1. The van der Waals surface area contributed by atoms with Crippen molar-refractivity contribution >= 4 is 29.7 Å². The maximum atomic E-state index is 13.6. The van der Waals surface area contributed by atoms with Gasteiger partial charge in [0.05, 0.1) is 18.8 Å². The number of carbonyl (C=O) groups excluding carboxylic acids is 5. The van der Waals surface area contributed by atoms with Crippen LogP contribution in [0.25, 0.3) is 0 Å². The topological polar surface area (TPSA) is 149 Å². The summed E-state index contributed by atoms with van der Waals surface area (Å²) < 4.78 is 16.2. The number of ketones is 1. The van der Waals surface area contributed by atoms with Gasteiger partial charge in [0.25, 0.3) is 0 Å². The fraction of sp³-hybridized carbons (Fsp3) is 0.645. The van der Waals surface area contributed by atoms with Crippen LogP contribution in [0.3, 0.4) is 0 Å². The molecule has 1 fully saturated rings. The van der Waals surface area contributed by atoms with Gasteiger partial charge in [0.2, 0.25) is 11.8 Å². The Balaban J connectivity index is 2.19. The minimum absolute atomic E-state index is 0.000433. The predicted molar refractivity (Wildman–Crippen MR) is 156 cm³/mol. The van der Waals surface area contributed by atoms with Crippen LogP contribution in [0.1, 0.15) is 79.2 Å². The van der Waals surface area contributed by atoms with Crippen LogP contribution >= 0.6 is 0 Å². The minimum atomic E-state index is -1.19. The number of hydrogen-bond donors (Lipinski definition) is 3. The van der Waals surface area contributed by atoms with E-state index in [1.807, 2.05) is 65.0 Å². The first-order valence-corrected chi connectivity index (χ1v) is 14.6. The molecule has 3 N–H and O–H groups in total. The van der Waals surface area contributed by atoms with E-state index in [0.717, 1.165) is 12.0 Å². The average Bonchev–Trinajstić information content (AvgIpc) is 3.32. The van der Waals surface area contributed by atoms with Crippen molar-refractivity contribution in [3.05, 3.63) is 35.9 Å². The third-order valence-corrected chi connectivity index (χ3v) is 6.87. The summed E-state index contributed by atoms with van der Waals surface area (Å²) in [6.07, 6.45) is 0.631. The molecule has 1 aliphatic carbocycles. The first-order valence-electron chi connectivity index (χ1n) is 14.6. The van der Waals surface area contributed by atoms with Crippen molar-refractivity contribution in [1.29, 1.82) is 0 Å². The fourth-order valence-corrected chi connectivity index (χ4v) is 4.93. The van der Waals surface area contributed by atoms with Crippen molar-refractivity contribution < 1.29 is 38.2 Å². The second kappa shape index (κ2) is 16.2. The van der Waals surface area contributed by atoms with Crippen LogP contribution in [0.15, 0.2) is 30.3 Å². The lowest BCUT2D eigenvalue weighted by Gasteiger charge is -2.32. The molecule has 11 heteroatoms. The van der Waals surface area contributed by atoms with Crippen molar-refractivity contribution in [2.45, 2.75) is 110 Å². The van der Waals surface area contributed by atoms with Crippen molar-refractivity contribution in [2.24, 2.45) is 11.8 Å². The Morgan fingerprint density at radius 2 is 1.60 bits per heavy atom. The van der Waals surface area contributed by atoms with Crippen LogP contribution in [-0.2, 0) is 40.0 Å². The van der Waals surface area contributed by atoms with Crippen LogP contribution in [0.4, 0.5) is 4.79 Å². The molecule has 1 saturated carbocycles. The van der Waals surface area contributed by atoms with Gasteiger partial charge in [-0.15, -0.1) is 0 Å². The molecule has 1 aromatic carbocycles. The van der Waals surface area contributed by atoms with Crippen LogP contribution in [0.5, 0.6) is 0 Å². The summed E-state index contributed by atoms with van der Waals surface area (Å²) in [6.45, 7) is 10.9. The van der Waals surface area contributed by atoms with E-state index in [2.05, 4.69) is 16.0 Å². The number of hydrogen-bond acceptors (Lipinski definition) is 8. The lowest BCUT2D eigenvalue weighted by Crippen LogP contribution is -2.59. The molecule has 0 radical (unpaired) electrons. The Morgan fingerprint density at radius 3 is 2.14 bits per heavy atom. The van der Waals surface area contributed by atoms with Crippen molar-refractivity contribution in [1.82, 2.24) is 16.0 Å². The summed E-state index contributed by atoms with van der Waals surface area (Å²) in [4.78, 5) is 64.5. The van der Waals surface area contributed by atoms with E-state index in [-0.39, 0.29) is 37.1 Å². The molecule has 42 heavy (non-hydrogen) atoms. The summed E-state index contributed by atoms with van der Waals surface area (Å²) in [5, 5.41) is 8.01. The highest BCUT2D eigenvalue weighted by Gasteiger charge is 2.36. The molecule has 2 rings (SSSR count). The molecule has 1 aromatic rings. The molecule has 11 nitrogen and oxygen atoms in total. The smallest absolute Gasteiger partial charge is 0.408 e. The maximum absolute atomic E-state index is 13.6. The second-order valence-electron chi connectivity index (χ2n) is 12.2. The summed E-state index contributed by atoms with van der Waals surface area (Å²) in [7, 11) is 1.22. The van der Waals surface area contributed by atoms with E-state index >= 15 is 0 Å². The zero-order valence-corrected chi connectivity index (χ0v) is 25.9. The molecule has 0 bridgehead atoms. The number of nitrogens with one attached hydrogen (secondary N) is 3. The van der Waals surface area contributed by atoms with E-state index in [0.29, 0.717) is 12.8 Å². The molecule has 234 valence electrons. The number of rotatable bonds is 14. The van der Waals surface area contributed by atoms with Gasteiger partial charge in [-0.25, -0.2) is 9.59 Å². The Kier molecular flexibility index (Phi) is 13.4. The van der Waals surface area contributed by atoms with Gasteiger partial charge in [-0.2, -0.15) is 0 Å². The maximum Gasteiger partial charge on any atom is 0.408 e. The third-order valence-electron chi connectivity index (χ3n) is 6.87. The highest BCUT2D eigenvalue weighted by Crippen LogP contribution is 2.26. The molecular weight excluding hydrogens is 542 g/mol. The molecule has 0 heterocycles. The lowest BCUT2D eigenvalue weighted by molar-refractivity contribution is -0.146. The van der Waals surface area contributed by atoms with Gasteiger partial charge in [0.15, 0.2) is 0 Å². The Hall–Kier alpha value is -3.47. The standard InChI is InChI=1S/C31H47N3O8/c1-19(2)16-23(27(36)33-24(29(38)40-7)17-22-14-11-15-25(22)35)32-28(37)26(20(3)42-31(4,5)6)34-30(39)41-18-21-12-9-8-10-13-21/h8-10,12-13,19-20,22-24,26H,11,14-18H2,1-7H3,(H,32,37)(H,33,36)(H,34,39)/t20?,22-,23-,24-,26-/m0/s1. The number of amides is 3. The monoisotopic (exact) mass is 589 g/mol. The van der Waals surface area contributed by atoms with Crippen molar-refractivity contribution in [3.63, 3.8) is 0 Å². The summed E-state index contributed by atoms with van der Waals surface area (Å²) in [5.41, 5.74) is 0.147. The van der Waals surface area contributed by atoms with Crippen molar-refractivity contribution in [3.8, 4) is 0 Å². The number of ether oxygens (including phenoxy) is 3. The Bertz CT molecular complexity index is 1070. The normalized spacial score (nSPS) is 18.0. The molecule has 0 aromatic heterocycles. The molecule has 5 atom stereocenters. The Morgan fingerprint density at radius 1 is 0.952 bits per heavy atom. The Labute approximate surface area is 248 Å². The van der Waals surface area contributed by atoms with Gasteiger partial charge in [0.1, 0.15) is 30.5 Å². The molecule has 0 spiro atoms. The van der Waals surface area contributed by atoms with Gasteiger partial charge in [-0.05, 0) is 64.9 Å². The average molecular weight is 590 g/mol. The van der Waals surface area contributed by atoms with E-state index in [1.54, 1.807) is 6.92 Å². The number of benzene rings is 1. The number of Topliss-reactive ketones (excluding diaryl/α,β-unsaturated/α-hetero) is 1. The minimum Gasteiger partial charge on any atom is -0.467 e. The van der Waals surface area contributed by atoms with E-state index in [9.17, 15) is 24.0 Å². The van der Waals surface area contributed by atoms with E-state index in [4.69, 9.17) is 14.2 Å². The quantitative estimate of drug-likeness (QED) is 0.280. The van der Waals surface area contributed by atoms with E-state index < -0.39 is 53.7 Å². The van der Waals surface area contributed by atoms with Gasteiger partial charge in [0, 0.05) is 12.3 Å². The number of methoxy groups -OCH3 is 1. The lowest BCUT2D eigenvalue weighted by atomic mass is 9.96. The molecule has 1 unspecified atom stereocenters. The zero-order chi connectivity index (χ0) is 31.4. The molecule has 1 aliphatic rings.